The molecule has 0 amide bonds. The summed E-state index contributed by atoms with van der Waals surface area (Å²) in [4.78, 5) is 0. The van der Waals surface area contributed by atoms with E-state index in [4.69, 9.17) is 10.5 Å². The average Bonchev–Trinajstić information content (AvgIpc) is 1.82. The van der Waals surface area contributed by atoms with Crippen molar-refractivity contribution in [2.75, 3.05) is 6.61 Å². The van der Waals surface area contributed by atoms with Crippen molar-refractivity contribution in [2.24, 2.45) is 5.73 Å². The van der Waals surface area contributed by atoms with Gasteiger partial charge in [0.25, 0.3) is 0 Å². The van der Waals surface area contributed by atoms with E-state index < -0.39 is 0 Å². The maximum Gasteiger partial charge on any atom is 0.0642 e. The van der Waals surface area contributed by atoms with Crippen LogP contribution in [0.15, 0.2) is 0 Å². The van der Waals surface area contributed by atoms with E-state index in [1.165, 1.54) is 0 Å². The zero-order valence-corrected chi connectivity index (χ0v) is 5.48. The van der Waals surface area contributed by atoms with Gasteiger partial charge in [0.15, 0.2) is 0 Å². The van der Waals surface area contributed by atoms with Crippen LogP contribution in [0.25, 0.3) is 0 Å². The van der Waals surface area contributed by atoms with Crippen LogP contribution in [0.4, 0.5) is 0 Å². The maximum absolute atomic E-state index is 5.59. The number of ether oxygens (including phenoxy) is 1. The molecule has 2 nitrogen and oxygen atoms in total. The third kappa shape index (κ3) is 1.20. The lowest BCUT2D eigenvalue weighted by atomic mass is 10.0. The zero-order chi connectivity index (χ0) is 6.20. The first-order chi connectivity index (χ1) is 3.60. The minimum atomic E-state index is 0.0411. The summed E-state index contributed by atoms with van der Waals surface area (Å²) >= 11 is 0. The van der Waals surface area contributed by atoms with Gasteiger partial charge in [-0.3, -0.25) is 0 Å². The number of rotatable bonds is 0. The van der Waals surface area contributed by atoms with Crippen molar-refractivity contribution in [3.05, 3.63) is 0 Å². The molecule has 1 fully saturated rings. The maximum atomic E-state index is 5.59. The van der Waals surface area contributed by atoms with Crippen LogP contribution >= 0.6 is 0 Å². The Morgan fingerprint density at radius 3 is 2.38 bits per heavy atom. The zero-order valence-electron chi connectivity index (χ0n) is 5.48. The predicted molar refractivity (Wildman–Crippen MR) is 32.6 cm³/mol. The summed E-state index contributed by atoms with van der Waals surface area (Å²) in [6, 6.07) is 0.269. The van der Waals surface area contributed by atoms with E-state index in [0.29, 0.717) is 0 Å². The van der Waals surface area contributed by atoms with Crippen molar-refractivity contribution < 1.29 is 4.74 Å². The molecule has 1 atom stereocenters. The summed E-state index contributed by atoms with van der Waals surface area (Å²) in [6.45, 7) is 4.87. The molecule has 1 rings (SSSR count). The molecule has 0 aliphatic carbocycles. The van der Waals surface area contributed by atoms with Crippen molar-refractivity contribution in [3.8, 4) is 0 Å². The molecular formula is C6H13NO. The smallest absolute Gasteiger partial charge is 0.0642 e. The highest BCUT2D eigenvalue weighted by Crippen LogP contribution is 2.22. The Morgan fingerprint density at radius 2 is 2.25 bits per heavy atom. The standard InChI is InChI=1S/C6H13NO/c1-6(2)3-5(7)4-8-6/h5H,3-4,7H2,1-2H3/t5-/m1/s1. The molecule has 0 unspecified atom stereocenters. The van der Waals surface area contributed by atoms with Gasteiger partial charge in [0.1, 0.15) is 0 Å². The van der Waals surface area contributed by atoms with Crippen LogP contribution in [0.5, 0.6) is 0 Å². The van der Waals surface area contributed by atoms with Gasteiger partial charge in [-0.2, -0.15) is 0 Å². The SMILES string of the molecule is CC1(C)C[C@@H](N)CO1. The van der Waals surface area contributed by atoms with Gasteiger partial charge in [0.2, 0.25) is 0 Å². The molecule has 48 valence electrons. The van der Waals surface area contributed by atoms with Crippen molar-refractivity contribution in [2.45, 2.75) is 31.9 Å². The van der Waals surface area contributed by atoms with Crippen molar-refractivity contribution in [1.29, 1.82) is 0 Å². The highest BCUT2D eigenvalue weighted by Gasteiger charge is 2.29. The lowest BCUT2D eigenvalue weighted by Gasteiger charge is -2.14. The summed E-state index contributed by atoms with van der Waals surface area (Å²) in [5.41, 5.74) is 5.63. The van der Waals surface area contributed by atoms with Crippen LogP contribution < -0.4 is 5.73 Å². The Bertz CT molecular complexity index is 90.5. The molecule has 0 saturated carbocycles. The van der Waals surface area contributed by atoms with E-state index in [0.717, 1.165) is 13.0 Å². The van der Waals surface area contributed by atoms with Crippen LogP contribution in [-0.2, 0) is 4.74 Å². The topological polar surface area (TPSA) is 35.2 Å². The van der Waals surface area contributed by atoms with Crippen LogP contribution in [0, 0.1) is 0 Å². The third-order valence-corrected chi connectivity index (χ3v) is 1.44. The van der Waals surface area contributed by atoms with Crippen LogP contribution in [-0.4, -0.2) is 18.2 Å². The summed E-state index contributed by atoms with van der Waals surface area (Å²) in [7, 11) is 0. The van der Waals surface area contributed by atoms with Crippen LogP contribution in [0.2, 0.25) is 0 Å². The molecule has 2 heteroatoms. The van der Waals surface area contributed by atoms with Crippen molar-refractivity contribution in [3.63, 3.8) is 0 Å². The molecular weight excluding hydrogens is 102 g/mol. The molecule has 0 aromatic carbocycles. The Kier molecular flexibility index (Phi) is 1.29. The molecule has 0 spiro atoms. The summed E-state index contributed by atoms with van der Waals surface area (Å²) in [6.07, 6.45) is 0.993. The van der Waals surface area contributed by atoms with Gasteiger partial charge < -0.3 is 10.5 Å². The Hall–Kier alpha value is -0.0800. The molecule has 0 radical (unpaired) electrons. The lowest BCUT2D eigenvalue weighted by Crippen LogP contribution is -2.22. The fraction of sp³-hybridized carbons (Fsp3) is 1.00. The highest BCUT2D eigenvalue weighted by atomic mass is 16.5. The molecule has 0 bridgehead atoms. The number of nitrogens with two attached hydrogens (primary N) is 1. The molecule has 8 heavy (non-hydrogen) atoms. The Labute approximate surface area is 50.0 Å². The molecule has 1 heterocycles. The molecule has 0 aromatic heterocycles. The normalized spacial score (nSPS) is 35.6. The number of hydrogen-bond acceptors (Lipinski definition) is 2. The third-order valence-electron chi connectivity index (χ3n) is 1.44. The fourth-order valence-corrected chi connectivity index (χ4v) is 1.08. The summed E-state index contributed by atoms with van der Waals surface area (Å²) in [5.74, 6) is 0. The molecule has 1 saturated heterocycles. The largest absolute Gasteiger partial charge is 0.374 e. The first kappa shape index (κ1) is 6.05. The minimum absolute atomic E-state index is 0.0411. The molecule has 1 aliphatic heterocycles. The van der Waals surface area contributed by atoms with E-state index in [-0.39, 0.29) is 11.6 Å². The second-order valence-corrected chi connectivity index (χ2v) is 3.03. The highest BCUT2D eigenvalue weighted by molar-refractivity contribution is 4.82. The van der Waals surface area contributed by atoms with Gasteiger partial charge in [0.05, 0.1) is 12.2 Å². The molecule has 0 aromatic rings. The van der Waals surface area contributed by atoms with Crippen LogP contribution in [0.3, 0.4) is 0 Å². The second kappa shape index (κ2) is 1.71. The van der Waals surface area contributed by atoms with Gasteiger partial charge >= 0.3 is 0 Å². The first-order valence-electron chi connectivity index (χ1n) is 3.00. The van der Waals surface area contributed by atoms with Gasteiger partial charge in [-0.05, 0) is 20.3 Å². The first-order valence-corrected chi connectivity index (χ1v) is 3.00. The Morgan fingerprint density at radius 1 is 1.62 bits per heavy atom. The van der Waals surface area contributed by atoms with E-state index in [2.05, 4.69) is 13.8 Å². The quantitative estimate of drug-likeness (QED) is 0.499. The average molecular weight is 115 g/mol. The van der Waals surface area contributed by atoms with E-state index in [1.807, 2.05) is 0 Å². The van der Waals surface area contributed by atoms with Crippen LogP contribution in [0.1, 0.15) is 20.3 Å². The molecule has 2 N–H and O–H groups in total. The van der Waals surface area contributed by atoms with E-state index in [1.54, 1.807) is 0 Å². The van der Waals surface area contributed by atoms with E-state index >= 15 is 0 Å². The second-order valence-electron chi connectivity index (χ2n) is 3.03. The predicted octanol–water partition coefficient (Wildman–Crippen LogP) is 0.513. The van der Waals surface area contributed by atoms with Crippen molar-refractivity contribution in [1.82, 2.24) is 0 Å². The monoisotopic (exact) mass is 115 g/mol. The summed E-state index contributed by atoms with van der Waals surface area (Å²) in [5, 5.41) is 0. The lowest BCUT2D eigenvalue weighted by molar-refractivity contribution is 0.0361. The summed E-state index contributed by atoms with van der Waals surface area (Å²) < 4.78 is 5.33. The number of hydrogen-bond donors (Lipinski definition) is 1. The van der Waals surface area contributed by atoms with Gasteiger partial charge in [0, 0.05) is 6.04 Å². The van der Waals surface area contributed by atoms with Crippen molar-refractivity contribution >= 4 is 0 Å². The van der Waals surface area contributed by atoms with Gasteiger partial charge in [-0.1, -0.05) is 0 Å². The molecule has 1 aliphatic rings. The van der Waals surface area contributed by atoms with Gasteiger partial charge in [-0.15, -0.1) is 0 Å². The Balaban J connectivity index is 2.44. The fourth-order valence-electron chi connectivity index (χ4n) is 1.08. The minimum Gasteiger partial charge on any atom is -0.374 e. The van der Waals surface area contributed by atoms with E-state index in [9.17, 15) is 0 Å². The van der Waals surface area contributed by atoms with Gasteiger partial charge in [-0.25, -0.2) is 0 Å².